The molecule has 0 amide bonds. The van der Waals surface area contributed by atoms with Crippen molar-refractivity contribution in [3.8, 4) is 60.7 Å². The molecule has 0 aliphatic heterocycles. The van der Waals surface area contributed by atoms with Gasteiger partial charge in [-0.3, -0.25) is 0 Å². The molecule has 13 heteroatoms. The zero-order valence-electron chi connectivity index (χ0n) is 35.9. The molecule has 0 fully saturated rings. The van der Waals surface area contributed by atoms with Crippen molar-refractivity contribution in [2.24, 2.45) is 0 Å². The van der Waals surface area contributed by atoms with Crippen LogP contribution in [-0.2, 0) is 0 Å². The Bertz CT molecular complexity index is 2960. The van der Waals surface area contributed by atoms with E-state index in [1.807, 2.05) is 84.9 Å². The van der Waals surface area contributed by atoms with E-state index in [4.69, 9.17) is 0 Å². The van der Waals surface area contributed by atoms with Gasteiger partial charge in [0.05, 0.1) is 0 Å². The summed E-state index contributed by atoms with van der Waals surface area (Å²) < 4.78 is 4.02. The number of nitriles is 10. The summed E-state index contributed by atoms with van der Waals surface area (Å²) in [5.41, 5.74) is -3.93. The van der Waals surface area contributed by atoms with Crippen molar-refractivity contribution >= 4 is 64.9 Å². The first-order valence-corrected chi connectivity index (χ1v) is 32.1. The predicted molar refractivity (Wildman–Crippen MR) is 262 cm³/mol. The number of hydrogen-bond donors (Lipinski definition) is 0. The molecule has 0 bridgehead atoms. The number of hydrogen-bond acceptors (Lipinski definition) is 10. The van der Waals surface area contributed by atoms with Gasteiger partial charge in [-0.2, -0.15) is 0 Å². The molecule has 0 heterocycles. The van der Waals surface area contributed by atoms with Gasteiger partial charge >= 0.3 is 406 Å². The zero-order chi connectivity index (χ0) is 48.5. The van der Waals surface area contributed by atoms with Crippen molar-refractivity contribution in [1.29, 1.82) is 52.6 Å². The van der Waals surface area contributed by atoms with Gasteiger partial charge in [0, 0.05) is 0 Å². The third-order valence-corrected chi connectivity index (χ3v) is 40.2. The Hall–Kier alpha value is -9.16. The van der Waals surface area contributed by atoms with Crippen LogP contribution in [0.3, 0.4) is 0 Å². The molecule has 0 atom stereocenters. The summed E-state index contributed by atoms with van der Waals surface area (Å²) >= 11 is -11.4. The molecule has 312 valence electrons. The van der Waals surface area contributed by atoms with E-state index in [1.54, 1.807) is 133 Å². The summed E-state index contributed by atoms with van der Waals surface area (Å²) in [7, 11) is 0. The van der Waals surface area contributed by atoms with Crippen molar-refractivity contribution in [2.75, 3.05) is 0 Å². The molecule has 0 aliphatic rings. The Morgan fingerprint density at radius 1 is 0.279 bits per heavy atom. The van der Waals surface area contributed by atoms with Gasteiger partial charge in [-0.15, -0.1) is 0 Å². The molecule has 6 rings (SSSR count). The fourth-order valence-corrected chi connectivity index (χ4v) is 40.6. The maximum absolute atomic E-state index is 11.6. The van der Waals surface area contributed by atoms with Gasteiger partial charge in [-0.05, 0) is 0 Å². The zero-order valence-corrected chi connectivity index (χ0v) is 41.7. The van der Waals surface area contributed by atoms with E-state index in [0.717, 1.165) is 0 Å². The Balaban J connectivity index is 2.19. The van der Waals surface area contributed by atoms with Crippen LogP contribution in [0.2, 0.25) is 5.82 Å². The van der Waals surface area contributed by atoms with Crippen LogP contribution in [0, 0.1) is 113 Å². The molecule has 10 nitrogen and oxygen atoms in total. The average molecular weight is 1080 g/mol. The van der Waals surface area contributed by atoms with Crippen molar-refractivity contribution in [2.45, 2.75) is 5.82 Å². The van der Waals surface area contributed by atoms with Crippen LogP contribution in [0.1, 0.15) is 0 Å². The molecule has 0 aromatic heterocycles. The Morgan fingerprint density at radius 3 is 0.632 bits per heavy atom. The fourth-order valence-electron chi connectivity index (χ4n) is 9.31. The summed E-state index contributed by atoms with van der Waals surface area (Å²) in [6.07, 6.45) is 0. The van der Waals surface area contributed by atoms with E-state index in [2.05, 4.69) is 24.3 Å². The van der Waals surface area contributed by atoms with Crippen molar-refractivity contribution < 1.29 is 0 Å². The van der Waals surface area contributed by atoms with Crippen LogP contribution in [0.25, 0.3) is 0 Å². The molecule has 0 radical (unpaired) electrons. The molecule has 0 spiro atoms. The van der Waals surface area contributed by atoms with Crippen LogP contribution in [0.5, 0.6) is 0 Å². The summed E-state index contributed by atoms with van der Waals surface area (Å²) in [6, 6.07) is 74.7. The second-order valence-corrected chi connectivity index (χ2v) is 36.4. The first-order chi connectivity index (χ1) is 33.4. The van der Waals surface area contributed by atoms with E-state index in [-0.39, 0.29) is 6.98 Å². The molecule has 6 aromatic carbocycles. The summed E-state index contributed by atoms with van der Waals surface area (Å²) in [6.45, 7) is -1.83. The molecule has 6 aromatic rings. The first kappa shape index (κ1) is 48.3. The topological polar surface area (TPSA) is 238 Å². The van der Waals surface area contributed by atoms with Crippen LogP contribution in [-0.4, -0.2) is 43.5 Å². The molecule has 0 aliphatic carbocycles. The van der Waals surface area contributed by atoms with Gasteiger partial charge in [0.25, 0.3) is 0 Å². The average Bonchev–Trinajstić information content (AvgIpc) is 3.41. The van der Waals surface area contributed by atoms with Gasteiger partial charge in [-0.25, -0.2) is 0 Å². The quantitative estimate of drug-likeness (QED) is 0.0999. The standard InChI is InChI=1S/C19HBN10.6C6H5.2Sn/c21-3-13(4-22)1-20(2-14(5-23)6-24)19(17(11-29)15(7-25)8-26)18(12-30)16(9-27)10-28;6*1-2-4-6-5-3-1;;/h19H;6*1-5H;;. The van der Waals surface area contributed by atoms with Gasteiger partial charge in [0.15, 0.2) is 0 Å². The van der Waals surface area contributed by atoms with Crippen molar-refractivity contribution in [3.63, 3.8) is 0 Å². The van der Waals surface area contributed by atoms with Gasteiger partial charge in [-0.1, -0.05) is 0 Å². The second kappa shape index (κ2) is 22.6. The molecular formula is C55H31BN10Sn2. The molecule has 0 N–H and O–H groups in total. The third kappa shape index (κ3) is 8.69. The Labute approximate surface area is 403 Å². The van der Waals surface area contributed by atoms with E-state index in [1.165, 1.54) is 0 Å². The first-order valence-electron chi connectivity index (χ1n) is 20.7. The normalized spacial score (nSPS) is 10.0. The minimum absolute atomic E-state index is 0.0470. The third-order valence-electron chi connectivity index (χ3n) is 11.8. The molecule has 0 unspecified atom stereocenters. The molecule has 0 saturated carbocycles. The summed E-state index contributed by atoms with van der Waals surface area (Å²) in [5, 5.41) is 112. The van der Waals surface area contributed by atoms with Crippen LogP contribution in [0.4, 0.5) is 0 Å². The van der Waals surface area contributed by atoms with Gasteiger partial charge in [0.1, 0.15) is 0 Å². The predicted octanol–water partition coefficient (Wildman–Crippen LogP) is 5.77. The number of nitrogens with zero attached hydrogens (tertiary/aromatic N) is 10. The molecular weight excluding hydrogens is 1050 g/mol. The molecule has 68 heavy (non-hydrogen) atoms. The van der Waals surface area contributed by atoms with E-state index in [9.17, 15) is 52.6 Å². The maximum atomic E-state index is 11.6. The van der Waals surface area contributed by atoms with Crippen molar-refractivity contribution in [1.82, 2.24) is 0 Å². The van der Waals surface area contributed by atoms with Gasteiger partial charge in [0.2, 0.25) is 0 Å². The monoisotopic (exact) mass is 1080 g/mol. The van der Waals surface area contributed by atoms with E-state index >= 15 is 0 Å². The number of rotatable bonds is 13. The van der Waals surface area contributed by atoms with Crippen LogP contribution < -0.4 is 21.5 Å². The van der Waals surface area contributed by atoms with Crippen LogP contribution in [0.15, 0.2) is 222 Å². The van der Waals surface area contributed by atoms with E-state index in [0.29, 0.717) is 21.5 Å². The Morgan fingerprint density at radius 2 is 0.471 bits per heavy atom. The number of allylic oxidation sites excluding steroid dienone is 6. The Kier molecular flexibility index (Phi) is 16.1. The van der Waals surface area contributed by atoms with Crippen molar-refractivity contribution in [3.05, 3.63) is 222 Å². The second-order valence-electron chi connectivity index (χ2n) is 14.9. The fraction of sp³-hybridized carbons (Fsp3) is 0.0182. The summed E-state index contributed by atoms with van der Waals surface area (Å²) in [5.74, 6) is -2.02. The summed E-state index contributed by atoms with van der Waals surface area (Å²) in [4.78, 5) is 0. The van der Waals surface area contributed by atoms with Gasteiger partial charge < -0.3 is 0 Å². The SMILES string of the molecule is N#CC(C#N)=C(C#N)C(B([C](=C(C#N)C#N)[Sn]([c]1ccccc1)([c]1ccccc1)[c]1ccccc1)[C](=C(C#N)C#N)[Sn]([c]1ccccc1)([c]1ccccc1)[c]1ccccc1)C(C#N)=C(C#N)C#N. The van der Waals surface area contributed by atoms with Crippen LogP contribution >= 0.6 is 0 Å². The molecule has 0 saturated heterocycles. The number of benzene rings is 6. The van der Waals surface area contributed by atoms with E-state index < -0.39 is 82.7 Å². The minimum atomic E-state index is -5.72.